The molecule has 0 bridgehead atoms. The third-order valence-corrected chi connectivity index (χ3v) is 8.35. The van der Waals surface area contributed by atoms with Gasteiger partial charge in [0.25, 0.3) is 0 Å². The van der Waals surface area contributed by atoms with E-state index < -0.39 is 0 Å². The summed E-state index contributed by atoms with van der Waals surface area (Å²) in [6.07, 6.45) is 25.0. The lowest BCUT2D eigenvalue weighted by Gasteiger charge is -2.50. The summed E-state index contributed by atoms with van der Waals surface area (Å²) in [7, 11) is 0. The first-order valence-electron chi connectivity index (χ1n) is 13.6. The zero-order chi connectivity index (χ0) is 22.0. The molecule has 0 aliphatic carbocycles. The molecule has 0 aromatic rings. The molecule has 0 radical (unpaired) electrons. The Hall–Kier alpha value is -0.0400. The Kier molecular flexibility index (Phi) is 17.6. The Morgan fingerprint density at radius 3 is 1.52 bits per heavy atom. The fourth-order valence-corrected chi connectivity index (χ4v) is 5.32. The normalized spacial score (nSPS) is 15.4. The standard InChI is InChI=1S/C28H59N/c1-7-10-12-14-16-18-20-24-28(6,9-3)27(4,5)26(23-21-25-29)22-19-17-15-13-11-8-2/h26H,7-25,29H2,1-6H3. The zero-order valence-electron chi connectivity index (χ0n) is 21.6. The highest BCUT2D eigenvalue weighted by Gasteiger charge is 2.43. The van der Waals surface area contributed by atoms with Crippen molar-refractivity contribution in [2.24, 2.45) is 22.5 Å². The molecule has 0 heterocycles. The third kappa shape index (κ3) is 11.8. The van der Waals surface area contributed by atoms with E-state index in [2.05, 4.69) is 41.5 Å². The molecular weight excluding hydrogens is 350 g/mol. The van der Waals surface area contributed by atoms with Gasteiger partial charge in [-0.3, -0.25) is 0 Å². The highest BCUT2D eigenvalue weighted by atomic mass is 14.5. The first-order chi connectivity index (χ1) is 13.9. The molecule has 2 N–H and O–H groups in total. The zero-order valence-corrected chi connectivity index (χ0v) is 21.6. The Balaban J connectivity index is 4.68. The van der Waals surface area contributed by atoms with Crippen LogP contribution in [0.3, 0.4) is 0 Å². The largest absolute Gasteiger partial charge is 0.330 e. The van der Waals surface area contributed by atoms with Crippen molar-refractivity contribution >= 4 is 0 Å². The lowest BCUT2D eigenvalue weighted by atomic mass is 9.55. The number of hydrogen-bond donors (Lipinski definition) is 1. The lowest BCUT2D eigenvalue weighted by molar-refractivity contribution is 0.0000395. The van der Waals surface area contributed by atoms with Crippen LogP contribution in [0.2, 0.25) is 0 Å². The molecule has 0 aliphatic rings. The minimum Gasteiger partial charge on any atom is -0.330 e. The highest BCUT2D eigenvalue weighted by molar-refractivity contribution is 4.93. The number of hydrogen-bond acceptors (Lipinski definition) is 1. The Morgan fingerprint density at radius 1 is 0.586 bits per heavy atom. The fraction of sp³-hybridized carbons (Fsp3) is 1.00. The highest BCUT2D eigenvalue weighted by Crippen LogP contribution is 2.52. The molecule has 1 heteroatoms. The van der Waals surface area contributed by atoms with Crippen LogP contribution in [0.25, 0.3) is 0 Å². The summed E-state index contributed by atoms with van der Waals surface area (Å²) < 4.78 is 0. The van der Waals surface area contributed by atoms with E-state index in [1.165, 1.54) is 116 Å². The summed E-state index contributed by atoms with van der Waals surface area (Å²) in [5.41, 5.74) is 6.78. The first kappa shape index (κ1) is 29.0. The summed E-state index contributed by atoms with van der Waals surface area (Å²) in [6, 6.07) is 0. The van der Waals surface area contributed by atoms with Crippen LogP contribution < -0.4 is 5.73 Å². The minimum absolute atomic E-state index is 0.405. The van der Waals surface area contributed by atoms with E-state index in [4.69, 9.17) is 5.73 Å². The van der Waals surface area contributed by atoms with Crippen molar-refractivity contribution < 1.29 is 0 Å². The van der Waals surface area contributed by atoms with Crippen molar-refractivity contribution in [3.63, 3.8) is 0 Å². The topological polar surface area (TPSA) is 26.0 Å². The van der Waals surface area contributed by atoms with Crippen LogP contribution in [0.5, 0.6) is 0 Å². The predicted molar refractivity (Wildman–Crippen MR) is 135 cm³/mol. The lowest BCUT2D eigenvalue weighted by Crippen LogP contribution is -2.41. The summed E-state index contributed by atoms with van der Waals surface area (Å²) in [6.45, 7) is 15.7. The van der Waals surface area contributed by atoms with Gasteiger partial charge in [0.05, 0.1) is 0 Å². The van der Waals surface area contributed by atoms with Crippen LogP contribution >= 0.6 is 0 Å². The molecule has 176 valence electrons. The molecule has 1 nitrogen and oxygen atoms in total. The van der Waals surface area contributed by atoms with E-state index in [0.29, 0.717) is 10.8 Å². The average Bonchev–Trinajstić information content (AvgIpc) is 2.71. The molecule has 2 unspecified atom stereocenters. The van der Waals surface area contributed by atoms with Gasteiger partial charge >= 0.3 is 0 Å². The Bertz CT molecular complexity index is 348. The van der Waals surface area contributed by atoms with Crippen molar-refractivity contribution in [1.29, 1.82) is 0 Å². The minimum atomic E-state index is 0.405. The number of unbranched alkanes of at least 4 members (excludes halogenated alkanes) is 11. The fourth-order valence-electron chi connectivity index (χ4n) is 5.32. The van der Waals surface area contributed by atoms with Crippen molar-refractivity contribution in [2.75, 3.05) is 6.54 Å². The molecule has 0 saturated carbocycles. The van der Waals surface area contributed by atoms with E-state index in [-0.39, 0.29) is 0 Å². The summed E-state index contributed by atoms with van der Waals surface area (Å²) >= 11 is 0. The van der Waals surface area contributed by atoms with E-state index in [9.17, 15) is 0 Å². The van der Waals surface area contributed by atoms with E-state index in [0.717, 1.165) is 12.5 Å². The smallest absolute Gasteiger partial charge is 0.00772 e. The first-order valence-corrected chi connectivity index (χ1v) is 13.6. The van der Waals surface area contributed by atoms with E-state index in [1.54, 1.807) is 0 Å². The van der Waals surface area contributed by atoms with Crippen LogP contribution in [0.15, 0.2) is 0 Å². The van der Waals surface area contributed by atoms with Crippen LogP contribution in [-0.2, 0) is 0 Å². The van der Waals surface area contributed by atoms with Gasteiger partial charge in [0, 0.05) is 0 Å². The summed E-state index contributed by atoms with van der Waals surface area (Å²) in [5, 5.41) is 0. The van der Waals surface area contributed by atoms with Gasteiger partial charge in [-0.25, -0.2) is 0 Å². The molecular formula is C28H59N. The van der Waals surface area contributed by atoms with Crippen LogP contribution in [0.1, 0.15) is 157 Å². The van der Waals surface area contributed by atoms with Crippen LogP contribution in [-0.4, -0.2) is 6.54 Å². The van der Waals surface area contributed by atoms with Gasteiger partial charge in [-0.2, -0.15) is 0 Å². The van der Waals surface area contributed by atoms with Crippen molar-refractivity contribution in [1.82, 2.24) is 0 Å². The van der Waals surface area contributed by atoms with Crippen LogP contribution in [0, 0.1) is 16.7 Å². The molecule has 29 heavy (non-hydrogen) atoms. The van der Waals surface area contributed by atoms with Gasteiger partial charge in [0.1, 0.15) is 0 Å². The summed E-state index contributed by atoms with van der Waals surface area (Å²) in [5.74, 6) is 0.826. The average molecular weight is 410 g/mol. The third-order valence-electron chi connectivity index (χ3n) is 8.35. The maximum absolute atomic E-state index is 5.92. The second kappa shape index (κ2) is 17.6. The van der Waals surface area contributed by atoms with Crippen LogP contribution in [0.4, 0.5) is 0 Å². The molecule has 0 amide bonds. The van der Waals surface area contributed by atoms with Gasteiger partial charge in [-0.15, -0.1) is 0 Å². The van der Waals surface area contributed by atoms with Gasteiger partial charge in [0.15, 0.2) is 0 Å². The second-order valence-electron chi connectivity index (χ2n) is 10.7. The maximum Gasteiger partial charge on any atom is -0.00772 e. The van der Waals surface area contributed by atoms with E-state index in [1.807, 2.05) is 0 Å². The summed E-state index contributed by atoms with van der Waals surface area (Å²) in [4.78, 5) is 0. The predicted octanol–water partition coefficient (Wildman–Crippen LogP) is 9.68. The Labute approximate surface area is 186 Å². The van der Waals surface area contributed by atoms with Crippen molar-refractivity contribution in [3.05, 3.63) is 0 Å². The quantitative estimate of drug-likeness (QED) is 0.187. The molecule has 2 atom stereocenters. The van der Waals surface area contributed by atoms with E-state index >= 15 is 0 Å². The van der Waals surface area contributed by atoms with Gasteiger partial charge < -0.3 is 5.73 Å². The Morgan fingerprint density at radius 2 is 1.03 bits per heavy atom. The number of rotatable bonds is 21. The van der Waals surface area contributed by atoms with Gasteiger partial charge in [0.2, 0.25) is 0 Å². The second-order valence-corrected chi connectivity index (χ2v) is 10.7. The van der Waals surface area contributed by atoms with Gasteiger partial charge in [-0.1, -0.05) is 131 Å². The molecule has 0 saturated heterocycles. The van der Waals surface area contributed by atoms with Crippen molar-refractivity contribution in [2.45, 2.75) is 157 Å². The SMILES string of the molecule is CCCCCCCCCC(C)(CC)C(C)(C)C(CCCN)CCCCCCCC. The van der Waals surface area contributed by atoms with Crippen molar-refractivity contribution in [3.8, 4) is 0 Å². The molecule has 0 fully saturated rings. The maximum atomic E-state index is 5.92. The monoisotopic (exact) mass is 409 g/mol. The van der Waals surface area contributed by atoms with Gasteiger partial charge in [-0.05, 0) is 49.0 Å². The molecule has 0 aliphatic heterocycles. The molecule has 0 aromatic carbocycles. The number of nitrogens with two attached hydrogens (primary N) is 1. The molecule has 0 aromatic heterocycles. The molecule has 0 rings (SSSR count). The molecule has 0 spiro atoms.